The second-order valence-electron chi connectivity index (χ2n) is 7.47. The van der Waals surface area contributed by atoms with E-state index in [0.29, 0.717) is 16.4 Å². The van der Waals surface area contributed by atoms with E-state index in [4.69, 9.17) is 11.6 Å². The van der Waals surface area contributed by atoms with Gasteiger partial charge in [0.05, 0.1) is 11.4 Å². The normalized spacial score (nSPS) is 13.3. The highest BCUT2D eigenvalue weighted by atomic mass is 35.5. The van der Waals surface area contributed by atoms with Gasteiger partial charge in [0.15, 0.2) is 0 Å². The predicted molar refractivity (Wildman–Crippen MR) is 125 cm³/mol. The molecule has 4 rings (SSSR count). The van der Waals surface area contributed by atoms with Gasteiger partial charge in [-0.2, -0.15) is 0 Å². The highest BCUT2D eigenvalue weighted by Crippen LogP contribution is 2.30. The largest absolute Gasteiger partial charge is 0.324 e. The zero-order valence-electron chi connectivity index (χ0n) is 17.4. The first kappa shape index (κ1) is 20.8. The van der Waals surface area contributed by atoms with Gasteiger partial charge in [-0.25, -0.2) is 0 Å². The molecule has 0 radical (unpaired) electrons. The number of aliphatic imine (C=N–C) groups is 1. The molecule has 0 saturated carbocycles. The van der Waals surface area contributed by atoms with Crippen molar-refractivity contribution < 1.29 is 9.59 Å². The van der Waals surface area contributed by atoms with Crippen molar-refractivity contribution >= 4 is 40.5 Å². The Morgan fingerprint density at radius 2 is 1.84 bits per heavy atom. The van der Waals surface area contributed by atoms with Crippen molar-refractivity contribution in [2.45, 2.75) is 13.8 Å². The number of anilines is 2. The Morgan fingerprint density at radius 3 is 2.61 bits per heavy atom. The van der Waals surface area contributed by atoms with Crippen LogP contribution < -0.4 is 10.2 Å². The van der Waals surface area contributed by atoms with E-state index < -0.39 is 0 Å². The van der Waals surface area contributed by atoms with Gasteiger partial charge in [0, 0.05) is 21.8 Å². The molecule has 0 aliphatic carbocycles. The molecule has 1 N–H and O–H groups in total. The molecule has 0 fully saturated rings. The lowest BCUT2D eigenvalue weighted by Gasteiger charge is -2.23. The molecule has 0 unspecified atom stereocenters. The molecule has 1 aliphatic rings. The van der Waals surface area contributed by atoms with Crippen molar-refractivity contribution in [3.63, 3.8) is 0 Å². The molecule has 1 aliphatic heterocycles. The van der Waals surface area contributed by atoms with Gasteiger partial charge in [-0.1, -0.05) is 54.1 Å². The SMILES string of the molecule is Cc1cccc(NC(=O)CN2C(=O)CN=C(c3ccccc3)c3cc(Cl)ccc32)c1C. The van der Waals surface area contributed by atoms with Crippen LogP contribution in [0.2, 0.25) is 5.02 Å². The fraction of sp³-hybridized carbons (Fsp3) is 0.160. The summed E-state index contributed by atoms with van der Waals surface area (Å²) in [5.74, 6) is -0.517. The van der Waals surface area contributed by atoms with Crippen molar-refractivity contribution in [3.8, 4) is 0 Å². The molecular weight excluding hydrogens is 410 g/mol. The molecular formula is C25H22ClN3O2. The molecule has 2 amide bonds. The van der Waals surface area contributed by atoms with Crippen molar-refractivity contribution in [1.29, 1.82) is 0 Å². The minimum Gasteiger partial charge on any atom is -0.324 e. The van der Waals surface area contributed by atoms with Crippen molar-refractivity contribution in [3.05, 3.63) is 94.0 Å². The first-order chi connectivity index (χ1) is 14.9. The fourth-order valence-corrected chi connectivity index (χ4v) is 3.79. The molecule has 3 aromatic carbocycles. The average Bonchev–Trinajstić information content (AvgIpc) is 2.89. The van der Waals surface area contributed by atoms with Gasteiger partial charge in [0.2, 0.25) is 11.8 Å². The third-order valence-corrected chi connectivity index (χ3v) is 5.64. The van der Waals surface area contributed by atoms with E-state index in [1.54, 1.807) is 18.2 Å². The molecule has 0 spiro atoms. The average molecular weight is 432 g/mol. The summed E-state index contributed by atoms with van der Waals surface area (Å²) in [5.41, 5.74) is 5.74. The van der Waals surface area contributed by atoms with E-state index in [-0.39, 0.29) is 24.9 Å². The molecule has 6 heteroatoms. The second-order valence-corrected chi connectivity index (χ2v) is 7.90. The first-order valence-corrected chi connectivity index (χ1v) is 10.4. The van der Waals surface area contributed by atoms with E-state index in [9.17, 15) is 9.59 Å². The Hall–Kier alpha value is -3.44. The summed E-state index contributed by atoms with van der Waals surface area (Å²) in [6, 6.07) is 20.7. The third kappa shape index (κ3) is 4.37. The number of nitrogens with one attached hydrogen (secondary N) is 1. The van der Waals surface area contributed by atoms with Gasteiger partial charge in [0.1, 0.15) is 13.1 Å². The van der Waals surface area contributed by atoms with Crippen LogP contribution in [0.1, 0.15) is 22.3 Å². The predicted octanol–water partition coefficient (Wildman–Crippen LogP) is 4.78. The Balaban J connectivity index is 1.67. The third-order valence-electron chi connectivity index (χ3n) is 5.41. The molecule has 0 bridgehead atoms. The molecule has 0 atom stereocenters. The van der Waals surface area contributed by atoms with Crippen LogP contribution in [0.4, 0.5) is 11.4 Å². The summed E-state index contributed by atoms with van der Waals surface area (Å²) in [5, 5.41) is 3.47. The van der Waals surface area contributed by atoms with Crippen LogP contribution >= 0.6 is 11.6 Å². The van der Waals surface area contributed by atoms with Gasteiger partial charge in [0.25, 0.3) is 0 Å². The molecule has 0 saturated heterocycles. The number of aryl methyl sites for hydroxylation is 1. The van der Waals surface area contributed by atoms with Gasteiger partial charge in [-0.3, -0.25) is 14.6 Å². The van der Waals surface area contributed by atoms with E-state index in [1.165, 1.54) is 4.90 Å². The van der Waals surface area contributed by atoms with Gasteiger partial charge < -0.3 is 10.2 Å². The number of rotatable bonds is 4. The topological polar surface area (TPSA) is 61.8 Å². The standard InChI is InChI=1S/C25H22ClN3O2/c1-16-7-6-10-21(17(16)2)28-23(30)15-29-22-12-11-19(26)13-20(22)25(27-14-24(29)31)18-8-4-3-5-9-18/h3-13H,14-15H2,1-2H3,(H,28,30). The maximum atomic E-state index is 13.0. The maximum absolute atomic E-state index is 13.0. The number of carbonyl (C=O) groups is 2. The minimum atomic E-state index is -0.272. The Morgan fingerprint density at radius 1 is 1.06 bits per heavy atom. The lowest BCUT2D eigenvalue weighted by Crippen LogP contribution is -2.39. The number of carbonyl (C=O) groups excluding carboxylic acids is 2. The summed E-state index contributed by atoms with van der Waals surface area (Å²) in [6.45, 7) is 3.79. The van der Waals surface area contributed by atoms with Crippen molar-refractivity contribution in [2.75, 3.05) is 23.3 Å². The number of hydrogen-bond acceptors (Lipinski definition) is 3. The van der Waals surface area contributed by atoms with Crippen LogP contribution in [-0.2, 0) is 9.59 Å². The summed E-state index contributed by atoms with van der Waals surface area (Å²) in [6.07, 6.45) is 0. The number of benzene rings is 3. The molecule has 31 heavy (non-hydrogen) atoms. The van der Waals surface area contributed by atoms with E-state index >= 15 is 0 Å². The lowest BCUT2D eigenvalue weighted by atomic mass is 10.00. The number of nitrogens with zero attached hydrogens (tertiary/aromatic N) is 2. The number of amides is 2. The Bertz CT molecular complexity index is 1190. The van der Waals surface area contributed by atoms with Crippen LogP contribution in [0, 0.1) is 13.8 Å². The molecule has 1 heterocycles. The number of fused-ring (bicyclic) bond motifs is 1. The highest BCUT2D eigenvalue weighted by molar-refractivity contribution is 6.32. The number of halogens is 1. The zero-order valence-corrected chi connectivity index (χ0v) is 18.1. The highest BCUT2D eigenvalue weighted by Gasteiger charge is 2.27. The first-order valence-electron chi connectivity index (χ1n) is 10.0. The monoisotopic (exact) mass is 431 g/mol. The van der Waals surface area contributed by atoms with Crippen LogP contribution in [-0.4, -0.2) is 30.6 Å². The van der Waals surface area contributed by atoms with Crippen molar-refractivity contribution in [2.24, 2.45) is 4.99 Å². The van der Waals surface area contributed by atoms with E-state index in [0.717, 1.165) is 27.9 Å². The smallest absolute Gasteiger partial charge is 0.249 e. The van der Waals surface area contributed by atoms with Crippen LogP contribution in [0.25, 0.3) is 0 Å². The second kappa shape index (κ2) is 8.74. The quantitative estimate of drug-likeness (QED) is 0.646. The summed E-state index contributed by atoms with van der Waals surface area (Å²) in [4.78, 5) is 31.9. The molecule has 3 aromatic rings. The van der Waals surface area contributed by atoms with Crippen LogP contribution in [0.15, 0.2) is 71.7 Å². The zero-order chi connectivity index (χ0) is 22.0. The molecule has 156 valence electrons. The minimum absolute atomic E-state index is 0.0483. The summed E-state index contributed by atoms with van der Waals surface area (Å²) >= 11 is 6.27. The molecule has 0 aromatic heterocycles. The Kier molecular flexibility index (Phi) is 5.87. The van der Waals surface area contributed by atoms with Gasteiger partial charge in [-0.05, 0) is 49.2 Å². The van der Waals surface area contributed by atoms with E-state index in [2.05, 4.69) is 10.3 Å². The number of hydrogen-bond donors (Lipinski definition) is 1. The summed E-state index contributed by atoms with van der Waals surface area (Å²) in [7, 11) is 0. The van der Waals surface area contributed by atoms with Crippen LogP contribution in [0.3, 0.4) is 0 Å². The van der Waals surface area contributed by atoms with Gasteiger partial charge in [-0.15, -0.1) is 0 Å². The van der Waals surface area contributed by atoms with Crippen LogP contribution in [0.5, 0.6) is 0 Å². The van der Waals surface area contributed by atoms with E-state index in [1.807, 2.05) is 62.4 Å². The van der Waals surface area contributed by atoms with Gasteiger partial charge >= 0.3 is 0 Å². The molecule has 5 nitrogen and oxygen atoms in total. The summed E-state index contributed by atoms with van der Waals surface area (Å²) < 4.78 is 0. The lowest BCUT2D eigenvalue weighted by molar-refractivity contribution is -0.120. The van der Waals surface area contributed by atoms with Crippen molar-refractivity contribution in [1.82, 2.24) is 0 Å². The fourth-order valence-electron chi connectivity index (χ4n) is 3.62. The number of benzodiazepines with no additional fused rings is 1. The maximum Gasteiger partial charge on any atom is 0.249 e. The Labute approximate surface area is 186 Å².